The van der Waals surface area contributed by atoms with Crippen LogP contribution in [0.2, 0.25) is 5.02 Å². The van der Waals surface area contributed by atoms with Gasteiger partial charge in [-0.05, 0) is 25.5 Å². The first kappa shape index (κ1) is 17.7. The molecule has 0 aliphatic heterocycles. The Labute approximate surface area is 127 Å². The number of esters is 1. The average Bonchev–Trinajstić information content (AvgIpc) is 2.39. The predicted molar refractivity (Wildman–Crippen MR) is 76.9 cm³/mol. The van der Waals surface area contributed by atoms with Crippen LogP contribution in [-0.2, 0) is 19.6 Å². The van der Waals surface area contributed by atoms with Crippen molar-refractivity contribution in [2.24, 2.45) is 0 Å². The van der Waals surface area contributed by atoms with E-state index in [1.807, 2.05) is 0 Å². The molecule has 0 saturated heterocycles. The molecule has 1 aromatic rings. The minimum atomic E-state index is -4.09. The highest BCUT2D eigenvalue weighted by atomic mass is 35.5. The number of sulfonamides is 1. The van der Waals surface area contributed by atoms with E-state index in [0.29, 0.717) is 0 Å². The average molecular weight is 339 g/mol. The predicted octanol–water partition coefficient (Wildman–Crippen LogP) is 1.68. The largest absolute Gasteiger partial charge is 0.466 e. The molecule has 0 radical (unpaired) electrons. The molecule has 21 heavy (non-hydrogen) atoms. The molecule has 9 heteroatoms. The molecular weight excluding hydrogens is 323 g/mol. The van der Waals surface area contributed by atoms with Crippen LogP contribution in [0.5, 0.6) is 0 Å². The Kier molecular flexibility index (Phi) is 6.38. The summed E-state index contributed by atoms with van der Waals surface area (Å²) >= 11 is 5.55. The Bertz CT molecular complexity index is 622. The second-order valence-corrected chi connectivity index (χ2v) is 6.26. The van der Waals surface area contributed by atoms with Gasteiger partial charge in [-0.1, -0.05) is 11.6 Å². The molecule has 6 nitrogen and oxygen atoms in total. The molecule has 0 saturated carbocycles. The molecular formula is C12H16ClFN2O4S. The number of nitrogens with two attached hydrogens (primary N) is 1. The number of hydrogen-bond acceptors (Lipinski definition) is 5. The van der Waals surface area contributed by atoms with Crippen molar-refractivity contribution < 1.29 is 22.3 Å². The molecule has 0 bridgehead atoms. The number of anilines is 1. The van der Waals surface area contributed by atoms with Crippen LogP contribution in [0.4, 0.5) is 10.1 Å². The Morgan fingerprint density at radius 1 is 1.48 bits per heavy atom. The standard InChI is InChI=1S/C12H16ClFN2O4S/c1-2-20-11(17)4-3-5-16-21(18,19)10-7-8(15)6-9(13)12(10)14/h6-7,16H,2-5,15H2,1H3. The number of halogens is 2. The molecule has 0 atom stereocenters. The Hall–Kier alpha value is -1.38. The zero-order valence-electron chi connectivity index (χ0n) is 11.4. The van der Waals surface area contributed by atoms with Crippen molar-refractivity contribution in [3.05, 3.63) is 23.0 Å². The summed E-state index contributed by atoms with van der Waals surface area (Å²) in [5, 5.41) is -0.373. The first-order valence-electron chi connectivity index (χ1n) is 6.17. The molecule has 1 rings (SSSR count). The zero-order valence-corrected chi connectivity index (χ0v) is 12.9. The SMILES string of the molecule is CCOC(=O)CCCNS(=O)(=O)c1cc(N)cc(Cl)c1F. The van der Waals surface area contributed by atoms with Gasteiger partial charge in [-0.15, -0.1) is 0 Å². The smallest absolute Gasteiger partial charge is 0.305 e. The summed E-state index contributed by atoms with van der Waals surface area (Å²) in [5.41, 5.74) is 5.48. The second-order valence-electron chi connectivity index (χ2n) is 4.12. The van der Waals surface area contributed by atoms with Gasteiger partial charge in [0.15, 0.2) is 5.82 Å². The minimum Gasteiger partial charge on any atom is -0.466 e. The maximum atomic E-state index is 13.7. The van der Waals surface area contributed by atoms with Crippen LogP contribution < -0.4 is 10.5 Å². The van der Waals surface area contributed by atoms with E-state index in [0.717, 1.165) is 12.1 Å². The van der Waals surface area contributed by atoms with Crippen molar-refractivity contribution in [1.82, 2.24) is 4.72 Å². The van der Waals surface area contributed by atoms with Crippen molar-refractivity contribution in [2.45, 2.75) is 24.7 Å². The molecule has 3 N–H and O–H groups in total. The number of nitrogen functional groups attached to an aromatic ring is 1. The number of ether oxygens (including phenoxy) is 1. The van der Waals surface area contributed by atoms with Gasteiger partial charge < -0.3 is 10.5 Å². The van der Waals surface area contributed by atoms with Crippen LogP contribution in [0.3, 0.4) is 0 Å². The number of nitrogens with one attached hydrogen (secondary N) is 1. The summed E-state index contributed by atoms with van der Waals surface area (Å²) < 4.78 is 44.5. The van der Waals surface area contributed by atoms with Gasteiger partial charge in [0, 0.05) is 18.7 Å². The van der Waals surface area contributed by atoms with Gasteiger partial charge in [-0.25, -0.2) is 17.5 Å². The topological polar surface area (TPSA) is 98.5 Å². The normalized spacial score (nSPS) is 11.4. The summed E-state index contributed by atoms with van der Waals surface area (Å²) in [6.07, 6.45) is 0.298. The maximum Gasteiger partial charge on any atom is 0.305 e. The summed E-state index contributed by atoms with van der Waals surface area (Å²) in [5.74, 6) is -1.49. The Morgan fingerprint density at radius 3 is 2.76 bits per heavy atom. The van der Waals surface area contributed by atoms with Gasteiger partial charge in [-0.2, -0.15) is 0 Å². The number of carbonyl (C=O) groups is 1. The molecule has 0 fully saturated rings. The van der Waals surface area contributed by atoms with Crippen LogP contribution in [0, 0.1) is 5.82 Å². The molecule has 0 aliphatic rings. The van der Waals surface area contributed by atoms with Gasteiger partial charge in [0.1, 0.15) is 4.90 Å². The molecule has 0 aliphatic carbocycles. The fourth-order valence-electron chi connectivity index (χ4n) is 1.53. The van der Waals surface area contributed by atoms with Crippen LogP contribution >= 0.6 is 11.6 Å². The lowest BCUT2D eigenvalue weighted by Gasteiger charge is -2.09. The van der Waals surface area contributed by atoms with E-state index in [4.69, 9.17) is 22.1 Å². The monoisotopic (exact) mass is 338 g/mol. The van der Waals surface area contributed by atoms with Crippen molar-refractivity contribution in [2.75, 3.05) is 18.9 Å². The Morgan fingerprint density at radius 2 is 2.14 bits per heavy atom. The minimum absolute atomic E-state index is 0.0347. The molecule has 118 valence electrons. The van der Waals surface area contributed by atoms with Crippen LogP contribution in [0.15, 0.2) is 17.0 Å². The highest BCUT2D eigenvalue weighted by Gasteiger charge is 2.21. The fraction of sp³-hybridized carbons (Fsp3) is 0.417. The highest BCUT2D eigenvalue weighted by Crippen LogP contribution is 2.25. The fourth-order valence-corrected chi connectivity index (χ4v) is 3.02. The molecule has 1 aromatic carbocycles. The summed E-state index contributed by atoms with van der Waals surface area (Å²) in [4.78, 5) is 10.5. The van der Waals surface area contributed by atoms with Crippen molar-refractivity contribution in [3.63, 3.8) is 0 Å². The highest BCUT2D eigenvalue weighted by molar-refractivity contribution is 7.89. The Balaban J connectivity index is 2.69. The van der Waals surface area contributed by atoms with Gasteiger partial charge in [-0.3, -0.25) is 4.79 Å². The number of rotatable bonds is 7. The molecule has 0 spiro atoms. The first-order chi connectivity index (χ1) is 9.77. The van der Waals surface area contributed by atoms with Crippen molar-refractivity contribution in [3.8, 4) is 0 Å². The number of carbonyl (C=O) groups excluding carboxylic acids is 1. The molecule has 0 heterocycles. The molecule has 0 aromatic heterocycles. The van der Waals surface area contributed by atoms with E-state index in [2.05, 4.69) is 4.72 Å². The summed E-state index contributed by atoms with van der Waals surface area (Å²) in [6.45, 7) is 1.90. The maximum absolute atomic E-state index is 13.7. The van der Waals surface area contributed by atoms with Gasteiger partial charge in [0.2, 0.25) is 10.0 Å². The lowest BCUT2D eigenvalue weighted by molar-refractivity contribution is -0.143. The lowest BCUT2D eigenvalue weighted by Crippen LogP contribution is -2.26. The summed E-state index contributed by atoms with van der Waals surface area (Å²) in [6, 6.07) is 2.10. The van der Waals surface area contributed by atoms with Gasteiger partial charge in [0.05, 0.1) is 11.6 Å². The van der Waals surface area contributed by atoms with Crippen LogP contribution in [0.25, 0.3) is 0 Å². The summed E-state index contributed by atoms with van der Waals surface area (Å²) in [7, 11) is -4.09. The quantitative estimate of drug-likeness (QED) is 0.448. The lowest BCUT2D eigenvalue weighted by atomic mass is 10.3. The van der Waals surface area contributed by atoms with E-state index in [9.17, 15) is 17.6 Å². The second kappa shape index (κ2) is 7.58. The van der Waals surface area contributed by atoms with E-state index >= 15 is 0 Å². The van der Waals surface area contributed by atoms with Crippen LogP contribution in [0.1, 0.15) is 19.8 Å². The van der Waals surface area contributed by atoms with Crippen molar-refractivity contribution >= 4 is 33.3 Å². The van der Waals surface area contributed by atoms with E-state index < -0.39 is 26.7 Å². The van der Waals surface area contributed by atoms with E-state index in [1.54, 1.807) is 6.92 Å². The van der Waals surface area contributed by atoms with Crippen LogP contribution in [-0.4, -0.2) is 27.5 Å². The van der Waals surface area contributed by atoms with E-state index in [1.165, 1.54) is 0 Å². The number of benzene rings is 1. The molecule has 0 amide bonds. The third kappa shape index (κ3) is 5.14. The third-order valence-electron chi connectivity index (χ3n) is 2.46. The van der Waals surface area contributed by atoms with E-state index in [-0.39, 0.29) is 36.7 Å². The molecule has 0 unspecified atom stereocenters. The van der Waals surface area contributed by atoms with Gasteiger partial charge in [0.25, 0.3) is 0 Å². The van der Waals surface area contributed by atoms with Crippen molar-refractivity contribution in [1.29, 1.82) is 0 Å². The van der Waals surface area contributed by atoms with Gasteiger partial charge >= 0.3 is 5.97 Å². The zero-order chi connectivity index (χ0) is 16.0. The first-order valence-corrected chi connectivity index (χ1v) is 8.04. The third-order valence-corrected chi connectivity index (χ3v) is 4.20. The number of hydrogen-bond donors (Lipinski definition) is 2.